The van der Waals surface area contributed by atoms with Gasteiger partial charge in [0, 0.05) is 12.5 Å². The Hall–Kier alpha value is -2.24. The molecule has 0 aliphatic heterocycles. The fraction of sp³-hybridized carbons (Fsp3) is 0.467. The van der Waals surface area contributed by atoms with Crippen LogP contribution in [-0.2, 0) is 11.3 Å². The smallest absolute Gasteiger partial charge is 0.277 e. The zero-order valence-electron chi connectivity index (χ0n) is 12.5. The van der Waals surface area contributed by atoms with Gasteiger partial charge in [0.25, 0.3) is 5.56 Å². The van der Waals surface area contributed by atoms with E-state index in [0.717, 1.165) is 0 Å². The number of hydrogen-bond acceptors (Lipinski definition) is 4. The molecule has 0 radical (unpaired) electrons. The second kappa shape index (κ2) is 6.47. The zero-order valence-corrected chi connectivity index (χ0v) is 12.5. The third-order valence-electron chi connectivity index (χ3n) is 3.57. The number of carbonyl (C=O) groups excluding carboxylic acids is 1. The second-order valence-corrected chi connectivity index (χ2v) is 5.49. The van der Waals surface area contributed by atoms with Crippen LogP contribution < -0.4 is 10.9 Å². The highest BCUT2D eigenvalue weighted by Gasteiger charge is 2.12. The molecular formula is C15H20N4O2. The van der Waals surface area contributed by atoms with E-state index < -0.39 is 0 Å². The van der Waals surface area contributed by atoms with Crippen LogP contribution in [0.5, 0.6) is 0 Å². The number of rotatable bonds is 5. The molecule has 1 amide bonds. The van der Waals surface area contributed by atoms with Crippen molar-refractivity contribution in [3.8, 4) is 0 Å². The fourth-order valence-corrected chi connectivity index (χ4v) is 1.87. The molecule has 1 aromatic heterocycles. The van der Waals surface area contributed by atoms with Crippen LogP contribution >= 0.6 is 0 Å². The minimum atomic E-state index is -0.217. The molecule has 2 rings (SSSR count). The van der Waals surface area contributed by atoms with Crippen molar-refractivity contribution >= 4 is 16.8 Å². The van der Waals surface area contributed by atoms with Gasteiger partial charge in [-0.05, 0) is 25.0 Å². The Morgan fingerprint density at radius 1 is 1.29 bits per heavy atom. The molecule has 0 aliphatic rings. The molecule has 1 atom stereocenters. The first-order valence-corrected chi connectivity index (χ1v) is 7.11. The van der Waals surface area contributed by atoms with Crippen molar-refractivity contribution in [3.63, 3.8) is 0 Å². The molecule has 0 saturated carbocycles. The number of aryl methyl sites for hydroxylation is 1. The van der Waals surface area contributed by atoms with Gasteiger partial charge in [-0.15, -0.1) is 5.10 Å². The lowest BCUT2D eigenvalue weighted by Gasteiger charge is -2.17. The normalized spacial score (nSPS) is 12.6. The van der Waals surface area contributed by atoms with Crippen LogP contribution in [0.4, 0.5) is 0 Å². The maximum absolute atomic E-state index is 12.2. The molecule has 0 spiro atoms. The molecule has 1 heterocycles. The monoisotopic (exact) mass is 288 g/mol. The Labute approximate surface area is 123 Å². The molecule has 0 saturated heterocycles. The van der Waals surface area contributed by atoms with Gasteiger partial charge in [0.15, 0.2) is 0 Å². The van der Waals surface area contributed by atoms with Crippen LogP contribution in [0, 0.1) is 5.92 Å². The maximum atomic E-state index is 12.2. The summed E-state index contributed by atoms with van der Waals surface area (Å²) in [5.41, 5.74) is 0.349. The molecular weight excluding hydrogens is 268 g/mol. The molecule has 0 bridgehead atoms. The number of carbonyl (C=O) groups is 1. The summed E-state index contributed by atoms with van der Waals surface area (Å²) in [7, 11) is 0. The fourth-order valence-electron chi connectivity index (χ4n) is 1.87. The first kappa shape index (κ1) is 15.2. The van der Waals surface area contributed by atoms with Crippen molar-refractivity contribution in [1.29, 1.82) is 0 Å². The van der Waals surface area contributed by atoms with E-state index in [2.05, 4.69) is 15.6 Å². The van der Waals surface area contributed by atoms with Gasteiger partial charge >= 0.3 is 0 Å². The summed E-state index contributed by atoms with van der Waals surface area (Å²) >= 11 is 0. The van der Waals surface area contributed by atoms with E-state index in [-0.39, 0.29) is 30.5 Å². The lowest BCUT2D eigenvalue weighted by Crippen LogP contribution is -2.37. The van der Waals surface area contributed by atoms with E-state index >= 15 is 0 Å². The Bertz CT molecular complexity index is 693. The summed E-state index contributed by atoms with van der Waals surface area (Å²) < 4.78 is 1.24. The predicted octanol–water partition coefficient (Wildman–Crippen LogP) is 1.34. The Kier molecular flexibility index (Phi) is 4.67. The lowest BCUT2D eigenvalue weighted by molar-refractivity contribution is -0.122. The molecule has 0 unspecified atom stereocenters. The number of fused-ring (bicyclic) bond motifs is 1. The number of benzene rings is 1. The van der Waals surface area contributed by atoms with Gasteiger partial charge in [-0.3, -0.25) is 9.59 Å². The van der Waals surface area contributed by atoms with Crippen molar-refractivity contribution in [1.82, 2.24) is 20.3 Å². The van der Waals surface area contributed by atoms with Gasteiger partial charge < -0.3 is 5.32 Å². The molecule has 1 aromatic carbocycles. The SMILES string of the molecule is CC(C)[C@@H](C)NC(=O)CCn1nnc2ccccc2c1=O. The molecule has 0 aliphatic carbocycles. The topological polar surface area (TPSA) is 76.9 Å². The van der Waals surface area contributed by atoms with Crippen molar-refractivity contribution in [2.45, 2.75) is 39.8 Å². The Morgan fingerprint density at radius 3 is 2.71 bits per heavy atom. The summed E-state index contributed by atoms with van der Waals surface area (Å²) in [5.74, 6) is 0.287. The number of hydrogen-bond donors (Lipinski definition) is 1. The first-order chi connectivity index (χ1) is 9.99. The molecule has 0 fully saturated rings. The molecule has 21 heavy (non-hydrogen) atoms. The van der Waals surface area contributed by atoms with Gasteiger partial charge in [-0.2, -0.15) is 0 Å². The third-order valence-corrected chi connectivity index (χ3v) is 3.57. The number of aromatic nitrogens is 3. The quantitative estimate of drug-likeness (QED) is 0.900. The minimum Gasteiger partial charge on any atom is -0.353 e. The van der Waals surface area contributed by atoms with E-state index in [0.29, 0.717) is 16.8 Å². The minimum absolute atomic E-state index is 0.0851. The summed E-state index contributed by atoms with van der Waals surface area (Å²) in [6.07, 6.45) is 0.212. The molecule has 1 N–H and O–H groups in total. The van der Waals surface area contributed by atoms with Crippen LogP contribution in [0.25, 0.3) is 10.9 Å². The summed E-state index contributed by atoms with van der Waals surface area (Å²) in [6, 6.07) is 7.15. The summed E-state index contributed by atoms with van der Waals surface area (Å²) in [6.45, 7) is 6.28. The van der Waals surface area contributed by atoms with Crippen LogP contribution in [0.1, 0.15) is 27.2 Å². The molecule has 6 nitrogen and oxygen atoms in total. The number of nitrogens with one attached hydrogen (secondary N) is 1. The molecule has 6 heteroatoms. The summed E-state index contributed by atoms with van der Waals surface area (Å²) in [4.78, 5) is 24.0. The predicted molar refractivity (Wildman–Crippen MR) is 80.9 cm³/mol. The van der Waals surface area contributed by atoms with Gasteiger partial charge in [0.2, 0.25) is 5.91 Å². The zero-order chi connectivity index (χ0) is 15.4. The van der Waals surface area contributed by atoms with Gasteiger partial charge in [0.05, 0.1) is 11.9 Å². The van der Waals surface area contributed by atoms with E-state index in [1.165, 1.54) is 4.68 Å². The Morgan fingerprint density at radius 2 is 2.00 bits per heavy atom. The standard InChI is InChI=1S/C15H20N4O2/c1-10(2)11(3)16-14(20)8-9-19-15(21)12-6-4-5-7-13(12)17-18-19/h4-7,10-11H,8-9H2,1-3H3,(H,16,20)/t11-/m1/s1. The van der Waals surface area contributed by atoms with Crippen molar-refractivity contribution in [2.24, 2.45) is 5.92 Å². The van der Waals surface area contributed by atoms with E-state index in [4.69, 9.17) is 0 Å². The van der Waals surface area contributed by atoms with Gasteiger partial charge in [-0.25, -0.2) is 4.68 Å². The van der Waals surface area contributed by atoms with E-state index in [1.807, 2.05) is 26.8 Å². The highest BCUT2D eigenvalue weighted by atomic mass is 16.2. The highest BCUT2D eigenvalue weighted by Crippen LogP contribution is 2.04. The lowest BCUT2D eigenvalue weighted by atomic mass is 10.1. The van der Waals surface area contributed by atoms with Gasteiger partial charge in [0.1, 0.15) is 5.52 Å². The van der Waals surface area contributed by atoms with Crippen LogP contribution in [0.2, 0.25) is 0 Å². The number of nitrogens with zero attached hydrogens (tertiary/aromatic N) is 3. The van der Waals surface area contributed by atoms with Crippen molar-refractivity contribution in [2.75, 3.05) is 0 Å². The summed E-state index contributed by atoms with van der Waals surface area (Å²) in [5, 5.41) is 11.3. The van der Waals surface area contributed by atoms with Gasteiger partial charge in [-0.1, -0.05) is 31.2 Å². The van der Waals surface area contributed by atoms with E-state index in [9.17, 15) is 9.59 Å². The highest BCUT2D eigenvalue weighted by molar-refractivity contribution is 5.77. The Balaban J connectivity index is 2.06. The second-order valence-electron chi connectivity index (χ2n) is 5.49. The van der Waals surface area contributed by atoms with Crippen LogP contribution in [0.3, 0.4) is 0 Å². The van der Waals surface area contributed by atoms with Crippen molar-refractivity contribution < 1.29 is 4.79 Å². The van der Waals surface area contributed by atoms with Crippen LogP contribution in [-0.4, -0.2) is 26.9 Å². The average Bonchev–Trinajstić information content (AvgIpc) is 2.46. The van der Waals surface area contributed by atoms with E-state index in [1.54, 1.807) is 18.2 Å². The van der Waals surface area contributed by atoms with Crippen molar-refractivity contribution in [3.05, 3.63) is 34.6 Å². The maximum Gasteiger partial charge on any atom is 0.277 e. The van der Waals surface area contributed by atoms with Crippen LogP contribution in [0.15, 0.2) is 29.1 Å². The number of amides is 1. The molecule has 112 valence electrons. The largest absolute Gasteiger partial charge is 0.353 e. The third kappa shape index (κ3) is 3.65. The average molecular weight is 288 g/mol. The first-order valence-electron chi connectivity index (χ1n) is 7.11. The molecule has 2 aromatic rings.